The standard InChI is InChI=1S/C13H27NO3/c1-3-5-7-8-9-11-13(12-15,14(16)17)10-6-4-2/h15H,3-12H2,1-2H3. The smallest absolute Gasteiger partial charge is 0.244 e. The van der Waals surface area contributed by atoms with Crippen molar-refractivity contribution in [1.29, 1.82) is 0 Å². The number of nitro groups is 1. The number of hydrogen-bond donors (Lipinski definition) is 1. The second-order valence-electron chi connectivity index (χ2n) is 4.91. The number of nitrogens with zero attached hydrogens (tertiary/aromatic N) is 1. The van der Waals surface area contributed by atoms with Crippen molar-refractivity contribution in [3.05, 3.63) is 10.1 Å². The van der Waals surface area contributed by atoms with E-state index in [1.807, 2.05) is 6.92 Å². The Balaban J connectivity index is 4.13. The molecule has 0 rings (SSSR count). The molecule has 0 aliphatic carbocycles. The summed E-state index contributed by atoms with van der Waals surface area (Å²) in [5.74, 6) is 0. The minimum Gasteiger partial charge on any atom is -0.389 e. The first-order chi connectivity index (χ1) is 8.13. The fraction of sp³-hybridized carbons (Fsp3) is 1.00. The van der Waals surface area contributed by atoms with E-state index in [0.717, 1.165) is 32.1 Å². The lowest BCUT2D eigenvalue weighted by atomic mass is 9.88. The average Bonchev–Trinajstić information content (AvgIpc) is 2.32. The maximum atomic E-state index is 11.1. The van der Waals surface area contributed by atoms with Crippen LogP contribution in [0.15, 0.2) is 0 Å². The van der Waals surface area contributed by atoms with Crippen LogP contribution >= 0.6 is 0 Å². The van der Waals surface area contributed by atoms with Crippen molar-refractivity contribution >= 4 is 0 Å². The van der Waals surface area contributed by atoms with E-state index in [1.54, 1.807) is 0 Å². The van der Waals surface area contributed by atoms with Gasteiger partial charge in [0.1, 0.15) is 6.61 Å². The first-order valence-electron chi connectivity index (χ1n) is 6.88. The molecule has 1 N–H and O–H groups in total. The lowest BCUT2D eigenvalue weighted by molar-refractivity contribution is -0.576. The van der Waals surface area contributed by atoms with Crippen molar-refractivity contribution in [2.75, 3.05) is 6.61 Å². The minimum atomic E-state index is -1.08. The van der Waals surface area contributed by atoms with Gasteiger partial charge < -0.3 is 5.11 Å². The van der Waals surface area contributed by atoms with Crippen LogP contribution in [0.2, 0.25) is 0 Å². The monoisotopic (exact) mass is 245 g/mol. The van der Waals surface area contributed by atoms with E-state index >= 15 is 0 Å². The third kappa shape index (κ3) is 6.01. The van der Waals surface area contributed by atoms with Gasteiger partial charge in [-0.2, -0.15) is 0 Å². The Kier molecular flexibility index (Phi) is 9.04. The Morgan fingerprint density at radius 1 is 1.00 bits per heavy atom. The average molecular weight is 245 g/mol. The summed E-state index contributed by atoms with van der Waals surface area (Å²) in [5.41, 5.74) is -1.08. The van der Waals surface area contributed by atoms with Gasteiger partial charge in [0.15, 0.2) is 0 Å². The molecule has 4 nitrogen and oxygen atoms in total. The number of aliphatic hydroxyl groups excluding tert-OH is 1. The Bertz CT molecular complexity index is 209. The molecule has 1 atom stereocenters. The van der Waals surface area contributed by atoms with E-state index in [2.05, 4.69) is 6.92 Å². The normalized spacial score (nSPS) is 14.5. The quantitative estimate of drug-likeness (QED) is 0.344. The third-order valence-corrected chi connectivity index (χ3v) is 3.42. The molecule has 0 spiro atoms. The van der Waals surface area contributed by atoms with Crippen LogP contribution in [0, 0.1) is 10.1 Å². The summed E-state index contributed by atoms with van der Waals surface area (Å²) in [5, 5.41) is 20.5. The Labute approximate surface area is 105 Å². The maximum absolute atomic E-state index is 11.1. The zero-order chi connectivity index (χ0) is 13.1. The second kappa shape index (κ2) is 9.40. The molecule has 0 fully saturated rings. The topological polar surface area (TPSA) is 63.4 Å². The predicted molar refractivity (Wildman–Crippen MR) is 69.7 cm³/mol. The molecule has 4 heteroatoms. The zero-order valence-electron chi connectivity index (χ0n) is 11.3. The summed E-state index contributed by atoms with van der Waals surface area (Å²) in [6.07, 6.45) is 8.17. The molecule has 0 saturated carbocycles. The van der Waals surface area contributed by atoms with E-state index in [0.29, 0.717) is 12.8 Å². The van der Waals surface area contributed by atoms with Crippen molar-refractivity contribution in [2.45, 2.75) is 77.2 Å². The third-order valence-electron chi connectivity index (χ3n) is 3.42. The summed E-state index contributed by atoms with van der Waals surface area (Å²) >= 11 is 0. The van der Waals surface area contributed by atoms with E-state index in [-0.39, 0.29) is 11.5 Å². The van der Waals surface area contributed by atoms with Gasteiger partial charge in [0.05, 0.1) is 0 Å². The molecule has 0 amide bonds. The second-order valence-corrected chi connectivity index (χ2v) is 4.91. The van der Waals surface area contributed by atoms with Gasteiger partial charge in [0.25, 0.3) is 0 Å². The van der Waals surface area contributed by atoms with Crippen LogP contribution in [-0.4, -0.2) is 22.2 Å². The van der Waals surface area contributed by atoms with E-state index in [4.69, 9.17) is 0 Å². The highest BCUT2D eigenvalue weighted by atomic mass is 16.6. The highest BCUT2D eigenvalue weighted by Crippen LogP contribution is 2.25. The zero-order valence-corrected chi connectivity index (χ0v) is 11.3. The SMILES string of the molecule is CCCCCCCC(CO)(CCCC)[N+](=O)[O-]. The van der Waals surface area contributed by atoms with E-state index in [1.165, 1.54) is 12.8 Å². The number of rotatable bonds is 11. The Hall–Kier alpha value is -0.640. The van der Waals surface area contributed by atoms with Crippen LogP contribution in [0.1, 0.15) is 71.6 Å². The largest absolute Gasteiger partial charge is 0.389 e. The van der Waals surface area contributed by atoms with Gasteiger partial charge in [-0.3, -0.25) is 10.1 Å². The van der Waals surface area contributed by atoms with E-state index < -0.39 is 5.54 Å². The molecule has 0 radical (unpaired) electrons. The van der Waals surface area contributed by atoms with Gasteiger partial charge >= 0.3 is 0 Å². The first-order valence-corrected chi connectivity index (χ1v) is 6.88. The van der Waals surface area contributed by atoms with Crippen LogP contribution in [0.4, 0.5) is 0 Å². The van der Waals surface area contributed by atoms with Gasteiger partial charge in [0.2, 0.25) is 5.54 Å². The minimum absolute atomic E-state index is 0.261. The molecule has 0 aliphatic rings. The molecular weight excluding hydrogens is 218 g/mol. The van der Waals surface area contributed by atoms with Gasteiger partial charge in [-0.05, 0) is 12.8 Å². The fourth-order valence-corrected chi connectivity index (χ4v) is 2.09. The lowest BCUT2D eigenvalue weighted by Crippen LogP contribution is -2.42. The molecule has 102 valence electrons. The highest BCUT2D eigenvalue weighted by Gasteiger charge is 2.40. The molecular formula is C13H27NO3. The van der Waals surface area contributed by atoms with Crippen LogP contribution < -0.4 is 0 Å². The van der Waals surface area contributed by atoms with Crippen molar-refractivity contribution in [3.63, 3.8) is 0 Å². The summed E-state index contributed by atoms with van der Waals surface area (Å²) < 4.78 is 0. The van der Waals surface area contributed by atoms with Crippen molar-refractivity contribution < 1.29 is 10.0 Å². The van der Waals surface area contributed by atoms with E-state index in [9.17, 15) is 15.2 Å². The highest BCUT2D eigenvalue weighted by molar-refractivity contribution is 4.78. The Morgan fingerprint density at radius 3 is 2.00 bits per heavy atom. The fourth-order valence-electron chi connectivity index (χ4n) is 2.09. The molecule has 1 unspecified atom stereocenters. The summed E-state index contributed by atoms with van der Waals surface area (Å²) in [4.78, 5) is 10.9. The van der Waals surface area contributed by atoms with Crippen molar-refractivity contribution in [3.8, 4) is 0 Å². The number of hydrogen-bond acceptors (Lipinski definition) is 3. The van der Waals surface area contributed by atoms with Crippen molar-refractivity contribution in [2.24, 2.45) is 0 Å². The molecule has 17 heavy (non-hydrogen) atoms. The van der Waals surface area contributed by atoms with Crippen molar-refractivity contribution in [1.82, 2.24) is 0 Å². The van der Waals surface area contributed by atoms with Gasteiger partial charge in [-0.25, -0.2) is 0 Å². The van der Waals surface area contributed by atoms with Crippen LogP contribution in [0.5, 0.6) is 0 Å². The molecule has 0 aromatic carbocycles. The summed E-state index contributed by atoms with van der Waals surface area (Å²) in [7, 11) is 0. The van der Waals surface area contributed by atoms with Gasteiger partial charge in [-0.15, -0.1) is 0 Å². The summed E-state index contributed by atoms with van der Waals surface area (Å²) in [6.45, 7) is 3.84. The molecule has 0 heterocycles. The first kappa shape index (κ1) is 16.4. The molecule has 0 bridgehead atoms. The van der Waals surface area contributed by atoms with Crippen LogP contribution in [0.3, 0.4) is 0 Å². The van der Waals surface area contributed by atoms with Crippen LogP contribution in [0.25, 0.3) is 0 Å². The predicted octanol–water partition coefficient (Wildman–Crippen LogP) is 3.54. The number of aliphatic hydroxyl groups is 1. The summed E-state index contributed by atoms with van der Waals surface area (Å²) in [6, 6.07) is 0. The maximum Gasteiger partial charge on any atom is 0.244 e. The van der Waals surface area contributed by atoms with Crippen LogP contribution in [-0.2, 0) is 0 Å². The Morgan fingerprint density at radius 2 is 1.53 bits per heavy atom. The van der Waals surface area contributed by atoms with Gasteiger partial charge in [-0.1, -0.05) is 46.0 Å². The molecule has 0 aromatic heterocycles. The number of unbranched alkanes of at least 4 members (excludes halogenated alkanes) is 5. The van der Waals surface area contributed by atoms with Gasteiger partial charge in [0, 0.05) is 17.8 Å². The lowest BCUT2D eigenvalue weighted by Gasteiger charge is -2.23. The molecule has 0 aliphatic heterocycles. The molecule has 0 saturated heterocycles. The molecule has 0 aromatic rings.